The van der Waals surface area contributed by atoms with Gasteiger partial charge in [0.1, 0.15) is 0 Å². The van der Waals surface area contributed by atoms with Crippen LogP contribution in [0.1, 0.15) is 0 Å². The third-order valence-corrected chi connectivity index (χ3v) is 8.69. The first-order valence-corrected chi connectivity index (χ1v) is 14.5. The molecule has 42 heavy (non-hydrogen) atoms. The van der Waals surface area contributed by atoms with Gasteiger partial charge in [-0.15, -0.1) is 0 Å². The molecule has 0 aliphatic heterocycles. The maximum atomic E-state index is 2.49. The largest absolute Gasteiger partial charge is 0.308 e. The highest BCUT2D eigenvalue weighted by atomic mass is 15.0. The van der Waals surface area contributed by atoms with Gasteiger partial charge in [-0.05, 0) is 64.4 Å². The van der Waals surface area contributed by atoms with Crippen LogP contribution in [0, 0.1) is 0 Å². The average Bonchev–Trinajstić information content (AvgIpc) is 3.41. The molecule has 0 atom stereocenters. The van der Waals surface area contributed by atoms with Crippen molar-refractivity contribution in [3.05, 3.63) is 158 Å². The summed E-state index contributed by atoms with van der Waals surface area (Å²) in [6.45, 7) is 0. The zero-order valence-electron chi connectivity index (χ0n) is 22.9. The number of benzene rings is 7. The van der Waals surface area contributed by atoms with Crippen molar-refractivity contribution in [2.24, 2.45) is 0 Å². The molecule has 0 unspecified atom stereocenters. The third kappa shape index (κ3) is 3.27. The summed E-state index contributed by atoms with van der Waals surface area (Å²) in [6.07, 6.45) is 0. The summed E-state index contributed by atoms with van der Waals surface area (Å²) in [5.41, 5.74) is 9.53. The third-order valence-electron chi connectivity index (χ3n) is 8.69. The number of aromatic nitrogens is 2. The summed E-state index contributed by atoms with van der Waals surface area (Å²) < 4.78 is 4.92. The summed E-state index contributed by atoms with van der Waals surface area (Å²) in [7, 11) is 0. The summed E-state index contributed by atoms with van der Waals surface area (Å²) in [4.78, 5) is 0. The van der Waals surface area contributed by atoms with Gasteiger partial charge >= 0.3 is 0 Å². The van der Waals surface area contributed by atoms with Gasteiger partial charge in [0.05, 0.1) is 27.6 Å². The monoisotopic (exact) mass is 534 g/mol. The molecular formula is C40H26N2. The molecule has 2 heterocycles. The molecule has 0 N–H and O–H groups in total. The van der Waals surface area contributed by atoms with Crippen LogP contribution in [0.3, 0.4) is 0 Å². The molecule has 9 rings (SSSR count). The summed E-state index contributed by atoms with van der Waals surface area (Å²) >= 11 is 0. The zero-order valence-corrected chi connectivity index (χ0v) is 22.9. The van der Waals surface area contributed by atoms with Gasteiger partial charge < -0.3 is 8.97 Å². The van der Waals surface area contributed by atoms with Crippen molar-refractivity contribution >= 4 is 59.9 Å². The second-order valence-corrected chi connectivity index (χ2v) is 11.0. The Labute approximate surface area is 243 Å². The minimum atomic E-state index is 1.13. The van der Waals surface area contributed by atoms with Crippen molar-refractivity contribution in [2.45, 2.75) is 0 Å². The Kier molecular flexibility index (Phi) is 4.93. The lowest BCUT2D eigenvalue weighted by Crippen LogP contribution is -2.01. The predicted octanol–water partition coefficient (Wildman–Crippen LogP) is 10.7. The number of para-hydroxylation sites is 4. The quantitative estimate of drug-likeness (QED) is 0.209. The number of hydrogen-bond donors (Lipinski definition) is 0. The fourth-order valence-corrected chi connectivity index (χ4v) is 6.88. The van der Waals surface area contributed by atoms with Gasteiger partial charge in [-0.3, -0.25) is 0 Å². The van der Waals surface area contributed by atoms with Gasteiger partial charge in [-0.2, -0.15) is 0 Å². The van der Waals surface area contributed by atoms with Crippen LogP contribution in [0.15, 0.2) is 158 Å². The highest BCUT2D eigenvalue weighted by Crippen LogP contribution is 2.41. The van der Waals surface area contributed by atoms with E-state index in [0.717, 1.165) is 11.2 Å². The van der Waals surface area contributed by atoms with Gasteiger partial charge in [0.2, 0.25) is 0 Å². The molecule has 0 bridgehead atoms. The number of nitrogens with zero attached hydrogens (tertiary/aromatic N) is 2. The lowest BCUT2D eigenvalue weighted by molar-refractivity contribution is 1.16. The maximum Gasteiger partial charge on any atom is 0.0703 e. The Morgan fingerprint density at radius 3 is 1.71 bits per heavy atom. The van der Waals surface area contributed by atoms with E-state index in [2.05, 4.69) is 167 Å². The van der Waals surface area contributed by atoms with E-state index >= 15 is 0 Å². The predicted molar refractivity (Wildman–Crippen MR) is 179 cm³/mol. The van der Waals surface area contributed by atoms with Crippen LogP contribution >= 0.6 is 0 Å². The Morgan fingerprint density at radius 2 is 0.929 bits per heavy atom. The molecule has 0 radical (unpaired) electrons. The van der Waals surface area contributed by atoms with Crippen molar-refractivity contribution in [1.29, 1.82) is 0 Å². The van der Waals surface area contributed by atoms with E-state index < -0.39 is 0 Å². The van der Waals surface area contributed by atoms with Gasteiger partial charge in [0.15, 0.2) is 0 Å². The lowest BCUT2D eigenvalue weighted by Gasteiger charge is -2.17. The van der Waals surface area contributed by atoms with E-state index in [1.54, 1.807) is 0 Å². The van der Waals surface area contributed by atoms with E-state index in [0.29, 0.717) is 0 Å². The SMILES string of the molecule is c1ccc(-c2ccc(-n3c4ccccc4c4cc5ccccc5c5c6ccccc6n(c6ccccc63)c45)cc2)cc1. The second-order valence-electron chi connectivity index (χ2n) is 11.0. The molecule has 2 aromatic heterocycles. The van der Waals surface area contributed by atoms with E-state index in [9.17, 15) is 0 Å². The molecule has 0 aliphatic rings. The van der Waals surface area contributed by atoms with Crippen LogP contribution in [-0.4, -0.2) is 8.97 Å². The van der Waals surface area contributed by atoms with E-state index in [-0.39, 0.29) is 0 Å². The van der Waals surface area contributed by atoms with Crippen LogP contribution in [0.2, 0.25) is 0 Å². The molecule has 196 valence electrons. The smallest absolute Gasteiger partial charge is 0.0703 e. The molecule has 0 aliphatic carbocycles. The van der Waals surface area contributed by atoms with Crippen molar-refractivity contribution in [2.75, 3.05) is 0 Å². The van der Waals surface area contributed by atoms with Gasteiger partial charge in [-0.25, -0.2) is 0 Å². The first kappa shape index (κ1) is 23.1. The van der Waals surface area contributed by atoms with Crippen molar-refractivity contribution in [3.8, 4) is 16.8 Å². The fourth-order valence-electron chi connectivity index (χ4n) is 6.88. The zero-order chi connectivity index (χ0) is 27.6. The molecular weight excluding hydrogens is 508 g/mol. The standard InChI is InChI=1S/C40H26N2/c1-2-12-27(13-3-1)28-22-24-30(25-23-28)41-35-18-8-6-16-32(35)34-26-29-14-4-5-15-31(29)39-33-17-7-9-19-36(33)42(40(34)39)38-21-11-10-20-37(38)41/h1-26H. The average molecular weight is 535 g/mol. The van der Waals surface area contributed by atoms with Crippen molar-refractivity contribution in [1.82, 2.24) is 8.97 Å². The molecule has 0 saturated carbocycles. The van der Waals surface area contributed by atoms with E-state index in [1.165, 1.54) is 65.5 Å². The molecule has 0 amide bonds. The fraction of sp³-hybridized carbons (Fsp3) is 0. The molecule has 0 saturated heterocycles. The summed E-state index contributed by atoms with van der Waals surface area (Å²) in [5, 5.41) is 7.60. The minimum Gasteiger partial charge on any atom is -0.308 e. The first-order valence-electron chi connectivity index (χ1n) is 14.5. The van der Waals surface area contributed by atoms with Crippen molar-refractivity contribution < 1.29 is 0 Å². The highest BCUT2D eigenvalue weighted by molar-refractivity contribution is 6.29. The second kappa shape index (κ2) is 8.95. The number of fused-ring (bicyclic) bond motifs is 9. The highest BCUT2D eigenvalue weighted by Gasteiger charge is 2.18. The topological polar surface area (TPSA) is 9.34 Å². The van der Waals surface area contributed by atoms with Crippen LogP contribution < -0.4 is 0 Å². The summed E-state index contributed by atoms with van der Waals surface area (Å²) in [6, 6.07) is 57.3. The van der Waals surface area contributed by atoms with Crippen LogP contribution in [-0.2, 0) is 0 Å². The van der Waals surface area contributed by atoms with Crippen LogP contribution in [0.5, 0.6) is 0 Å². The number of rotatable bonds is 2. The van der Waals surface area contributed by atoms with Gasteiger partial charge in [-0.1, -0.05) is 115 Å². The van der Waals surface area contributed by atoms with Crippen LogP contribution in [0.4, 0.5) is 0 Å². The lowest BCUT2D eigenvalue weighted by atomic mass is 9.99. The van der Waals surface area contributed by atoms with E-state index in [1.807, 2.05) is 0 Å². The molecule has 0 fully saturated rings. The first-order chi connectivity index (χ1) is 20.9. The molecule has 2 nitrogen and oxygen atoms in total. The molecule has 7 aromatic carbocycles. The van der Waals surface area contributed by atoms with Crippen molar-refractivity contribution in [3.63, 3.8) is 0 Å². The van der Waals surface area contributed by atoms with Crippen LogP contribution in [0.25, 0.3) is 76.7 Å². The van der Waals surface area contributed by atoms with Gasteiger partial charge in [0.25, 0.3) is 0 Å². The Morgan fingerprint density at radius 1 is 0.357 bits per heavy atom. The Bertz CT molecular complexity index is 2500. The van der Waals surface area contributed by atoms with Gasteiger partial charge in [0, 0.05) is 27.2 Å². The Hall–Kier alpha value is -5.60. The number of hydrogen-bond acceptors (Lipinski definition) is 0. The normalized spacial score (nSPS) is 11.8. The molecule has 0 spiro atoms. The molecule has 9 aromatic rings. The Balaban J connectivity index is 1.54. The summed E-state index contributed by atoms with van der Waals surface area (Å²) in [5.74, 6) is 0. The molecule has 2 heteroatoms. The maximum absolute atomic E-state index is 2.49. The van der Waals surface area contributed by atoms with E-state index in [4.69, 9.17) is 0 Å². The minimum absolute atomic E-state index is 1.13.